The minimum Gasteiger partial charge on any atom is -0.326 e. The molecule has 0 amide bonds. The van der Waals surface area contributed by atoms with E-state index in [-0.39, 0.29) is 18.8 Å². The zero-order chi connectivity index (χ0) is 14.4. The fourth-order valence-electron chi connectivity index (χ4n) is 2.13. The lowest BCUT2D eigenvalue weighted by molar-refractivity contribution is -0.0868. The third kappa shape index (κ3) is 4.10. The summed E-state index contributed by atoms with van der Waals surface area (Å²) in [6.07, 6.45) is 3.29. The normalized spacial score (nSPS) is 16.8. The third-order valence-corrected chi connectivity index (χ3v) is 3.32. The molecule has 1 aliphatic rings. The molecular weight excluding hydrogens is 258 g/mol. The molecule has 0 spiro atoms. The number of rotatable bonds is 2. The molecule has 0 radical (unpaired) electrons. The number of nitrogens with two attached hydrogens (primary N) is 1. The van der Waals surface area contributed by atoms with Gasteiger partial charge < -0.3 is 5.73 Å². The van der Waals surface area contributed by atoms with Crippen molar-refractivity contribution in [3.63, 3.8) is 0 Å². The van der Waals surface area contributed by atoms with Gasteiger partial charge in [-0.3, -0.25) is 4.98 Å². The summed E-state index contributed by atoms with van der Waals surface area (Å²) in [4.78, 5) is 3.89. The van der Waals surface area contributed by atoms with Gasteiger partial charge >= 0.3 is 0 Å². The SMILES string of the molecule is FC1(F)CC(c2cccnc2)C1.NCc1ccccc1. The van der Waals surface area contributed by atoms with Gasteiger partial charge in [0.2, 0.25) is 5.92 Å². The van der Waals surface area contributed by atoms with Gasteiger partial charge in [0.1, 0.15) is 0 Å². The number of nitrogens with zero attached hydrogens (tertiary/aromatic N) is 1. The largest absolute Gasteiger partial charge is 0.326 e. The predicted octanol–water partition coefficient (Wildman–Crippen LogP) is 3.74. The highest BCUT2D eigenvalue weighted by atomic mass is 19.3. The average molecular weight is 276 g/mol. The molecule has 0 atom stereocenters. The third-order valence-electron chi connectivity index (χ3n) is 3.32. The van der Waals surface area contributed by atoms with Crippen LogP contribution in [0.3, 0.4) is 0 Å². The second kappa shape index (κ2) is 6.57. The first-order valence-corrected chi connectivity index (χ1v) is 6.62. The van der Waals surface area contributed by atoms with Gasteiger partial charge in [-0.2, -0.15) is 0 Å². The van der Waals surface area contributed by atoms with Gasteiger partial charge in [0.25, 0.3) is 0 Å². The Balaban J connectivity index is 0.000000160. The summed E-state index contributed by atoms with van der Waals surface area (Å²) in [5.41, 5.74) is 7.47. The van der Waals surface area contributed by atoms with Crippen LogP contribution in [0.15, 0.2) is 54.9 Å². The monoisotopic (exact) mass is 276 g/mol. The summed E-state index contributed by atoms with van der Waals surface area (Å²) in [5.74, 6) is -2.41. The molecule has 1 fully saturated rings. The minimum atomic E-state index is -2.43. The number of aromatic nitrogens is 1. The number of pyridine rings is 1. The van der Waals surface area contributed by atoms with Crippen molar-refractivity contribution >= 4 is 0 Å². The number of halogens is 2. The molecule has 1 saturated carbocycles. The lowest BCUT2D eigenvalue weighted by atomic mass is 9.77. The summed E-state index contributed by atoms with van der Waals surface area (Å²) in [6.45, 7) is 0.640. The minimum absolute atomic E-state index is 0.0152. The Kier molecular flexibility index (Phi) is 4.79. The number of benzene rings is 1. The van der Waals surface area contributed by atoms with Gasteiger partial charge in [-0.15, -0.1) is 0 Å². The Morgan fingerprint density at radius 1 is 1.10 bits per heavy atom. The van der Waals surface area contributed by atoms with Gasteiger partial charge in [0, 0.05) is 31.8 Å². The molecule has 106 valence electrons. The Morgan fingerprint density at radius 3 is 2.25 bits per heavy atom. The smallest absolute Gasteiger partial charge is 0.249 e. The summed E-state index contributed by atoms with van der Waals surface area (Å²) >= 11 is 0. The van der Waals surface area contributed by atoms with Crippen LogP contribution < -0.4 is 5.73 Å². The molecule has 1 aliphatic carbocycles. The molecule has 1 aromatic heterocycles. The zero-order valence-corrected chi connectivity index (χ0v) is 11.2. The second-order valence-electron chi connectivity index (χ2n) is 4.94. The van der Waals surface area contributed by atoms with Crippen LogP contribution in [-0.2, 0) is 6.54 Å². The van der Waals surface area contributed by atoms with E-state index in [1.54, 1.807) is 18.5 Å². The Morgan fingerprint density at radius 2 is 1.80 bits per heavy atom. The van der Waals surface area contributed by atoms with Crippen LogP contribution in [-0.4, -0.2) is 10.9 Å². The quantitative estimate of drug-likeness (QED) is 0.907. The summed E-state index contributed by atoms with van der Waals surface area (Å²) in [7, 11) is 0. The number of hydrogen-bond acceptors (Lipinski definition) is 2. The van der Waals surface area contributed by atoms with Crippen LogP contribution in [0.2, 0.25) is 0 Å². The van der Waals surface area contributed by atoms with Crippen LogP contribution >= 0.6 is 0 Å². The zero-order valence-electron chi connectivity index (χ0n) is 11.2. The van der Waals surface area contributed by atoms with E-state index in [9.17, 15) is 8.78 Å². The fraction of sp³-hybridized carbons (Fsp3) is 0.312. The summed E-state index contributed by atoms with van der Waals surface area (Å²) in [5, 5.41) is 0. The molecule has 1 aromatic carbocycles. The van der Waals surface area contributed by atoms with Crippen molar-refractivity contribution in [2.45, 2.75) is 31.2 Å². The Hall–Kier alpha value is -1.81. The fourth-order valence-corrected chi connectivity index (χ4v) is 2.13. The lowest BCUT2D eigenvalue weighted by Gasteiger charge is -2.34. The molecule has 0 unspecified atom stereocenters. The van der Waals surface area contributed by atoms with Gasteiger partial charge in [-0.25, -0.2) is 8.78 Å². The molecule has 4 heteroatoms. The molecule has 0 saturated heterocycles. The molecule has 2 nitrogen and oxygen atoms in total. The van der Waals surface area contributed by atoms with Gasteiger partial charge in [0.15, 0.2) is 0 Å². The van der Waals surface area contributed by atoms with Crippen LogP contribution in [0.25, 0.3) is 0 Å². The first-order valence-electron chi connectivity index (χ1n) is 6.62. The Bertz CT molecular complexity index is 507. The topological polar surface area (TPSA) is 38.9 Å². The van der Waals surface area contributed by atoms with Crippen molar-refractivity contribution in [3.8, 4) is 0 Å². The average Bonchev–Trinajstić information content (AvgIpc) is 2.47. The van der Waals surface area contributed by atoms with Crippen molar-refractivity contribution in [2.24, 2.45) is 5.73 Å². The summed E-state index contributed by atoms with van der Waals surface area (Å²) in [6, 6.07) is 13.6. The summed E-state index contributed by atoms with van der Waals surface area (Å²) < 4.78 is 24.9. The van der Waals surface area contributed by atoms with E-state index >= 15 is 0 Å². The van der Waals surface area contributed by atoms with Crippen LogP contribution in [0.5, 0.6) is 0 Å². The molecule has 0 bridgehead atoms. The van der Waals surface area contributed by atoms with Crippen LogP contribution in [0.4, 0.5) is 8.78 Å². The highest BCUT2D eigenvalue weighted by Gasteiger charge is 2.45. The van der Waals surface area contributed by atoms with Crippen molar-refractivity contribution in [1.29, 1.82) is 0 Å². The van der Waals surface area contributed by atoms with E-state index in [1.165, 1.54) is 5.56 Å². The van der Waals surface area contributed by atoms with Gasteiger partial charge in [-0.05, 0) is 23.1 Å². The van der Waals surface area contributed by atoms with Crippen LogP contribution in [0, 0.1) is 0 Å². The highest BCUT2D eigenvalue weighted by Crippen LogP contribution is 2.47. The molecule has 0 aliphatic heterocycles. The highest BCUT2D eigenvalue weighted by molar-refractivity contribution is 5.19. The molecule has 3 rings (SSSR count). The van der Waals surface area contributed by atoms with E-state index in [1.807, 2.05) is 36.4 Å². The molecule has 1 heterocycles. The van der Waals surface area contributed by atoms with E-state index in [2.05, 4.69) is 4.98 Å². The number of hydrogen-bond donors (Lipinski definition) is 1. The second-order valence-corrected chi connectivity index (χ2v) is 4.94. The van der Waals surface area contributed by atoms with E-state index in [4.69, 9.17) is 5.73 Å². The first-order chi connectivity index (χ1) is 9.61. The van der Waals surface area contributed by atoms with E-state index < -0.39 is 5.92 Å². The lowest BCUT2D eigenvalue weighted by Crippen LogP contribution is -2.33. The van der Waals surface area contributed by atoms with E-state index in [0.29, 0.717) is 6.54 Å². The first kappa shape index (κ1) is 14.6. The Labute approximate surface area is 117 Å². The maximum Gasteiger partial charge on any atom is 0.249 e. The van der Waals surface area contributed by atoms with Crippen molar-refractivity contribution in [3.05, 3.63) is 66.0 Å². The van der Waals surface area contributed by atoms with Gasteiger partial charge in [-0.1, -0.05) is 36.4 Å². The molecule has 2 aromatic rings. The maximum atomic E-state index is 12.5. The van der Waals surface area contributed by atoms with Crippen molar-refractivity contribution in [1.82, 2.24) is 4.98 Å². The molecule has 2 N–H and O–H groups in total. The number of alkyl halides is 2. The van der Waals surface area contributed by atoms with Crippen molar-refractivity contribution < 1.29 is 8.78 Å². The van der Waals surface area contributed by atoms with Gasteiger partial charge in [0.05, 0.1) is 0 Å². The molecular formula is C16H18F2N2. The van der Waals surface area contributed by atoms with E-state index in [0.717, 1.165) is 5.56 Å². The molecule has 20 heavy (non-hydrogen) atoms. The van der Waals surface area contributed by atoms with Crippen molar-refractivity contribution in [2.75, 3.05) is 0 Å². The predicted molar refractivity (Wildman–Crippen MR) is 75.5 cm³/mol. The van der Waals surface area contributed by atoms with Crippen LogP contribution in [0.1, 0.15) is 29.9 Å². The standard InChI is InChI=1S/C9H9F2N.C7H9N/c10-9(11)4-8(5-9)7-2-1-3-12-6-7;8-6-7-4-2-1-3-5-7/h1-3,6,8H,4-5H2;1-5H,6,8H2. The maximum absolute atomic E-state index is 12.5.